The van der Waals surface area contributed by atoms with Gasteiger partial charge in [-0.25, -0.2) is 9.55 Å². The van der Waals surface area contributed by atoms with E-state index in [2.05, 4.69) is 12.0 Å². The van der Waals surface area contributed by atoms with Crippen LogP contribution < -0.4 is 0 Å². The fraction of sp³-hybridized carbons (Fsp3) is 0.750. The van der Waals surface area contributed by atoms with Crippen LogP contribution in [-0.2, 0) is 11.3 Å². The highest BCUT2D eigenvalue weighted by molar-refractivity contribution is 5.18. The third-order valence-corrected chi connectivity index (χ3v) is 3.82. The van der Waals surface area contributed by atoms with Crippen LogP contribution in [0.2, 0.25) is 0 Å². The molecule has 20 heavy (non-hydrogen) atoms. The van der Waals surface area contributed by atoms with E-state index in [0.29, 0.717) is 25.6 Å². The third kappa shape index (κ3) is 3.33. The summed E-state index contributed by atoms with van der Waals surface area (Å²) in [6.45, 7) is 5.52. The third-order valence-electron chi connectivity index (χ3n) is 3.82. The van der Waals surface area contributed by atoms with Gasteiger partial charge in [0.1, 0.15) is 38.5 Å². The van der Waals surface area contributed by atoms with Gasteiger partial charge in [0.25, 0.3) is 0 Å². The zero-order valence-electron chi connectivity index (χ0n) is 11.9. The van der Waals surface area contributed by atoms with Crippen LogP contribution in [0.3, 0.4) is 0 Å². The van der Waals surface area contributed by atoms with Gasteiger partial charge in [-0.15, -0.1) is 0 Å². The number of rotatable bonds is 5. The van der Waals surface area contributed by atoms with Gasteiger partial charge in [0.15, 0.2) is 5.82 Å². The van der Waals surface area contributed by atoms with Crippen molar-refractivity contribution in [3.63, 3.8) is 0 Å². The summed E-state index contributed by atoms with van der Waals surface area (Å²) in [5, 5.41) is 21.2. The van der Waals surface area contributed by atoms with Gasteiger partial charge >= 0.3 is 5.82 Å². The number of imidazole rings is 1. The van der Waals surface area contributed by atoms with E-state index >= 15 is 0 Å². The summed E-state index contributed by atoms with van der Waals surface area (Å²) in [4.78, 5) is 14.4. The molecule has 1 fully saturated rings. The molecular formula is C12H21N4O4+. The zero-order chi connectivity index (χ0) is 14.8. The fourth-order valence-electron chi connectivity index (χ4n) is 2.57. The molecule has 1 atom stereocenters. The zero-order valence-corrected chi connectivity index (χ0v) is 11.9. The lowest BCUT2D eigenvalue weighted by atomic mass is 10.2. The number of nitro groups is 1. The molecule has 2 heterocycles. The normalized spacial score (nSPS) is 19.8. The number of morpholine rings is 1. The van der Waals surface area contributed by atoms with Crippen molar-refractivity contribution < 1.29 is 19.2 Å². The minimum Gasteiger partial charge on any atom is -0.383 e. The number of aliphatic hydroxyl groups excluding tert-OH is 1. The maximum Gasteiger partial charge on any atom is 0.342 e. The lowest BCUT2D eigenvalue weighted by Gasteiger charge is -2.38. The van der Waals surface area contributed by atoms with Crippen LogP contribution in [0.15, 0.2) is 6.20 Å². The Morgan fingerprint density at radius 1 is 1.60 bits per heavy atom. The van der Waals surface area contributed by atoms with Gasteiger partial charge in [0.2, 0.25) is 0 Å². The van der Waals surface area contributed by atoms with E-state index in [1.807, 2.05) is 0 Å². The van der Waals surface area contributed by atoms with Crippen molar-refractivity contribution in [3.05, 3.63) is 22.1 Å². The summed E-state index contributed by atoms with van der Waals surface area (Å²) in [6, 6.07) is 0. The van der Waals surface area contributed by atoms with E-state index in [1.54, 1.807) is 6.92 Å². The Morgan fingerprint density at radius 2 is 2.25 bits per heavy atom. The highest BCUT2D eigenvalue weighted by Crippen LogP contribution is 2.16. The van der Waals surface area contributed by atoms with Gasteiger partial charge in [-0.2, -0.15) is 0 Å². The summed E-state index contributed by atoms with van der Waals surface area (Å²) in [5.41, 5.74) is 0. The Hall–Kier alpha value is -1.51. The molecule has 0 aliphatic carbocycles. The molecule has 1 N–H and O–H groups in total. The molecule has 2 rings (SSSR count). The van der Waals surface area contributed by atoms with Crippen molar-refractivity contribution in [2.75, 3.05) is 39.9 Å². The van der Waals surface area contributed by atoms with E-state index < -0.39 is 11.0 Å². The van der Waals surface area contributed by atoms with Gasteiger partial charge in [-0.1, -0.05) is 0 Å². The first kappa shape index (κ1) is 14.9. The molecule has 8 heteroatoms. The van der Waals surface area contributed by atoms with Crippen LogP contribution in [0.1, 0.15) is 5.82 Å². The molecule has 0 aromatic carbocycles. The Labute approximate surface area is 117 Å². The number of nitrogens with zero attached hydrogens (tertiary/aromatic N) is 4. The second-order valence-corrected chi connectivity index (χ2v) is 5.55. The maximum atomic E-state index is 10.9. The smallest absolute Gasteiger partial charge is 0.342 e. The Bertz CT molecular complexity index is 482. The number of ether oxygens (including phenoxy) is 1. The number of likely N-dealkylation sites (N-methyl/N-ethyl adjacent to an activating group) is 1. The molecule has 1 aromatic rings. The molecule has 1 saturated heterocycles. The summed E-state index contributed by atoms with van der Waals surface area (Å²) < 4.78 is 7.50. The Morgan fingerprint density at radius 3 is 2.85 bits per heavy atom. The molecule has 0 bridgehead atoms. The lowest BCUT2D eigenvalue weighted by molar-refractivity contribution is -0.919. The SMILES string of the molecule is Cc1ncc([N+](=O)[O-])n1CC(O)C[N+]1(C)CCOCC1. The number of hydrogen-bond donors (Lipinski definition) is 1. The van der Waals surface area contributed by atoms with E-state index in [1.165, 1.54) is 10.8 Å². The molecule has 0 amide bonds. The minimum absolute atomic E-state index is 0.0776. The molecule has 1 aliphatic rings. The Balaban J connectivity index is 2.02. The van der Waals surface area contributed by atoms with Crippen molar-refractivity contribution in [1.29, 1.82) is 0 Å². The summed E-state index contributed by atoms with van der Waals surface area (Å²) >= 11 is 0. The van der Waals surface area contributed by atoms with Gasteiger partial charge in [0.05, 0.1) is 20.3 Å². The lowest BCUT2D eigenvalue weighted by Crippen LogP contribution is -2.55. The van der Waals surface area contributed by atoms with Gasteiger partial charge in [-0.05, 0) is 4.92 Å². The van der Waals surface area contributed by atoms with Crippen molar-refractivity contribution >= 4 is 5.82 Å². The topological polar surface area (TPSA) is 90.4 Å². The van der Waals surface area contributed by atoms with Crippen LogP contribution >= 0.6 is 0 Å². The van der Waals surface area contributed by atoms with Crippen LogP contribution in [0.5, 0.6) is 0 Å². The molecule has 0 spiro atoms. The minimum atomic E-state index is -0.648. The van der Waals surface area contributed by atoms with Crippen molar-refractivity contribution in [3.8, 4) is 0 Å². The van der Waals surface area contributed by atoms with E-state index in [-0.39, 0.29) is 12.4 Å². The largest absolute Gasteiger partial charge is 0.383 e. The maximum absolute atomic E-state index is 10.9. The monoisotopic (exact) mass is 285 g/mol. The van der Waals surface area contributed by atoms with Gasteiger partial charge in [0, 0.05) is 6.92 Å². The molecule has 112 valence electrons. The first-order valence-electron chi connectivity index (χ1n) is 6.67. The molecular weight excluding hydrogens is 264 g/mol. The second-order valence-electron chi connectivity index (χ2n) is 5.55. The van der Waals surface area contributed by atoms with E-state index in [0.717, 1.165) is 17.6 Å². The van der Waals surface area contributed by atoms with Crippen molar-refractivity contribution in [1.82, 2.24) is 9.55 Å². The van der Waals surface area contributed by atoms with Gasteiger partial charge in [-0.3, -0.25) is 0 Å². The first-order chi connectivity index (χ1) is 9.41. The quantitative estimate of drug-likeness (QED) is 0.465. The number of hydrogen-bond acceptors (Lipinski definition) is 5. The van der Waals surface area contributed by atoms with Crippen LogP contribution in [0.4, 0.5) is 5.82 Å². The number of aromatic nitrogens is 2. The predicted molar refractivity (Wildman–Crippen MR) is 71.2 cm³/mol. The van der Waals surface area contributed by atoms with E-state index in [4.69, 9.17) is 4.74 Å². The first-order valence-corrected chi connectivity index (χ1v) is 6.67. The highest BCUT2D eigenvalue weighted by atomic mass is 16.6. The van der Waals surface area contributed by atoms with Crippen molar-refractivity contribution in [2.24, 2.45) is 0 Å². The number of aryl methyl sites for hydroxylation is 1. The fourth-order valence-corrected chi connectivity index (χ4v) is 2.57. The number of aliphatic hydroxyl groups is 1. The van der Waals surface area contributed by atoms with Crippen LogP contribution in [0.25, 0.3) is 0 Å². The molecule has 1 aliphatic heterocycles. The molecule has 8 nitrogen and oxygen atoms in total. The summed E-state index contributed by atoms with van der Waals surface area (Å²) in [5.74, 6) is 0.464. The predicted octanol–water partition coefficient (Wildman–Crippen LogP) is -0.0626. The van der Waals surface area contributed by atoms with Crippen molar-refractivity contribution in [2.45, 2.75) is 19.6 Å². The number of quaternary nitrogens is 1. The molecule has 0 saturated carbocycles. The molecule has 1 unspecified atom stereocenters. The van der Waals surface area contributed by atoms with E-state index in [9.17, 15) is 15.2 Å². The average molecular weight is 285 g/mol. The van der Waals surface area contributed by atoms with Crippen LogP contribution in [-0.4, -0.2) is 70.1 Å². The van der Waals surface area contributed by atoms with Crippen LogP contribution in [0, 0.1) is 17.0 Å². The Kier molecular flexibility index (Phi) is 4.36. The molecule has 0 radical (unpaired) electrons. The summed E-state index contributed by atoms with van der Waals surface area (Å²) in [7, 11) is 2.07. The van der Waals surface area contributed by atoms with Gasteiger partial charge < -0.3 is 24.4 Å². The standard InChI is InChI=1S/C12H21N4O4/c1-10-13-7-12(15(18)19)14(10)8-11(17)9-16(2)3-5-20-6-4-16/h7,11,17H,3-6,8-9H2,1-2H3/q+1. The highest BCUT2D eigenvalue weighted by Gasteiger charge is 2.30. The second kappa shape index (κ2) is 5.86. The summed E-state index contributed by atoms with van der Waals surface area (Å²) in [6.07, 6.45) is 0.581. The average Bonchev–Trinajstić information content (AvgIpc) is 2.71. The molecule has 1 aromatic heterocycles.